The number of rotatable bonds is 10. The Morgan fingerprint density at radius 1 is 1.08 bits per heavy atom. The standard InChI is InChI=1S/C18H29N3O3/c1-15(22)21(14-13-20(2)3)12-10-18(23)19-11-9-16-5-7-17(24-4)8-6-16/h5-8H,9-14H2,1-4H3,(H,19,23). The van der Waals surface area contributed by atoms with E-state index >= 15 is 0 Å². The van der Waals surface area contributed by atoms with Crippen molar-refractivity contribution >= 4 is 11.8 Å². The lowest BCUT2D eigenvalue weighted by atomic mass is 10.1. The summed E-state index contributed by atoms with van der Waals surface area (Å²) in [6, 6.07) is 7.80. The number of methoxy groups -OCH3 is 1. The van der Waals surface area contributed by atoms with E-state index < -0.39 is 0 Å². The van der Waals surface area contributed by atoms with E-state index in [0.29, 0.717) is 26.1 Å². The summed E-state index contributed by atoms with van der Waals surface area (Å²) in [5, 5.41) is 2.90. The Morgan fingerprint density at radius 2 is 1.75 bits per heavy atom. The van der Waals surface area contributed by atoms with Gasteiger partial charge in [0.2, 0.25) is 11.8 Å². The molecule has 0 saturated heterocycles. The number of amides is 2. The van der Waals surface area contributed by atoms with Crippen LogP contribution in [0.5, 0.6) is 5.75 Å². The minimum Gasteiger partial charge on any atom is -0.497 e. The van der Waals surface area contributed by atoms with Crippen LogP contribution in [-0.4, -0.2) is 69.0 Å². The molecule has 1 N–H and O–H groups in total. The van der Waals surface area contributed by atoms with Crippen molar-refractivity contribution in [2.24, 2.45) is 0 Å². The number of nitrogens with zero attached hydrogens (tertiary/aromatic N) is 2. The fourth-order valence-corrected chi connectivity index (χ4v) is 2.21. The van der Waals surface area contributed by atoms with Crippen molar-refractivity contribution < 1.29 is 14.3 Å². The Hall–Kier alpha value is -2.08. The van der Waals surface area contributed by atoms with Gasteiger partial charge >= 0.3 is 0 Å². The molecule has 1 aromatic carbocycles. The summed E-state index contributed by atoms with van der Waals surface area (Å²) in [7, 11) is 5.56. The first kappa shape index (κ1) is 20.0. The highest BCUT2D eigenvalue weighted by Crippen LogP contribution is 2.11. The van der Waals surface area contributed by atoms with Gasteiger partial charge in [-0.25, -0.2) is 0 Å². The van der Waals surface area contributed by atoms with Gasteiger partial charge in [-0.05, 0) is 38.2 Å². The quantitative estimate of drug-likeness (QED) is 0.697. The Morgan fingerprint density at radius 3 is 2.29 bits per heavy atom. The van der Waals surface area contributed by atoms with E-state index in [-0.39, 0.29) is 11.8 Å². The predicted octanol–water partition coefficient (Wildman–Crippen LogP) is 1.15. The van der Waals surface area contributed by atoms with Gasteiger partial charge in [0.1, 0.15) is 5.75 Å². The third-order valence-electron chi connectivity index (χ3n) is 3.77. The van der Waals surface area contributed by atoms with Gasteiger partial charge < -0.3 is 19.9 Å². The van der Waals surface area contributed by atoms with Crippen LogP contribution < -0.4 is 10.1 Å². The molecule has 0 spiro atoms. The molecule has 0 aromatic heterocycles. The molecule has 0 fully saturated rings. The van der Waals surface area contributed by atoms with Gasteiger partial charge in [0.15, 0.2) is 0 Å². The third-order valence-corrected chi connectivity index (χ3v) is 3.77. The van der Waals surface area contributed by atoms with E-state index in [9.17, 15) is 9.59 Å². The van der Waals surface area contributed by atoms with Gasteiger partial charge in [-0.1, -0.05) is 12.1 Å². The molecule has 0 aliphatic carbocycles. The Balaban J connectivity index is 2.27. The zero-order chi connectivity index (χ0) is 17.9. The predicted molar refractivity (Wildman–Crippen MR) is 95.1 cm³/mol. The molecule has 2 amide bonds. The fraction of sp³-hybridized carbons (Fsp3) is 0.556. The second-order valence-electron chi connectivity index (χ2n) is 6.01. The third kappa shape index (κ3) is 7.97. The highest BCUT2D eigenvalue weighted by Gasteiger charge is 2.11. The first-order chi connectivity index (χ1) is 11.4. The van der Waals surface area contributed by atoms with E-state index in [0.717, 1.165) is 24.3 Å². The normalized spacial score (nSPS) is 10.5. The van der Waals surface area contributed by atoms with Crippen molar-refractivity contribution in [3.8, 4) is 5.75 Å². The molecule has 0 bridgehead atoms. The van der Waals surface area contributed by atoms with Crippen molar-refractivity contribution in [2.75, 3.05) is 47.4 Å². The van der Waals surface area contributed by atoms with Gasteiger partial charge in [-0.15, -0.1) is 0 Å². The lowest BCUT2D eigenvalue weighted by Crippen LogP contribution is -2.38. The van der Waals surface area contributed by atoms with Crippen LogP contribution in [-0.2, 0) is 16.0 Å². The molecule has 6 nitrogen and oxygen atoms in total. The maximum atomic E-state index is 11.9. The topological polar surface area (TPSA) is 61.9 Å². The molecule has 0 aliphatic rings. The number of ether oxygens (including phenoxy) is 1. The van der Waals surface area contributed by atoms with E-state index in [4.69, 9.17) is 4.74 Å². The molecule has 0 heterocycles. The van der Waals surface area contributed by atoms with Crippen LogP contribution in [0.25, 0.3) is 0 Å². The highest BCUT2D eigenvalue weighted by atomic mass is 16.5. The van der Waals surface area contributed by atoms with Gasteiger partial charge in [0.05, 0.1) is 7.11 Å². The lowest BCUT2D eigenvalue weighted by Gasteiger charge is -2.22. The molecule has 134 valence electrons. The molecule has 0 radical (unpaired) electrons. The van der Waals surface area contributed by atoms with Crippen molar-refractivity contribution in [1.29, 1.82) is 0 Å². The van der Waals surface area contributed by atoms with Crippen molar-refractivity contribution in [2.45, 2.75) is 19.8 Å². The Labute approximate surface area is 144 Å². The summed E-state index contributed by atoms with van der Waals surface area (Å²) in [5.41, 5.74) is 1.15. The van der Waals surface area contributed by atoms with Crippen LogP contribution in [0.1, 0.15) is 18.9 Å². The molecule has 0 aliphatic heterocycles. The lowest BCUT2D eigenvalue weighted by molar-refractivity contribution is -0.129. The first-order valence-electron chi connectivity index (χ1n) is 8.22. The zero-order valence-electron chi connectivity index (χ0n) is 15.2. The smallest absolute Gasteiger partial charge is 0.221 e. The number of hydrogen-bond donors (Lipinski definition) is 1. The van der Waals surface area contributed by atoms with Crippen LogP contribution in [0.2, 0.25) is 0 Å². The molecule has 0 atom stereocenters. The molecule has 24 heavy (non-hydrogen) atoms. The van der Waals surface area contributed by atoms with E-state index in [2.05, 4.69) is 5.32 Å². The number of carbonyl (C=O) groups excluding carboxylic acids is 2. The van der Waals surface area contributed by atoms with Gasteiger partial charge in [0, 0.05) is 39.5 Å². The summed E-state index contributed by atoms with van der Waals surface area (Å²) in [5.74, 6) is 0.798. The molecule has 0 saturated carbocycles. The number of nitrogens with one attached hydrogen (secondary N) is 1. The summed E-state index contributed by atoms with van der Waals surface area (Å²) < 4.78 is 5.12. The van der Waals surface area contributed by atoms with Crippen LogP contribution in [0, 0.1) is 0 Å². The highest BCUT2D eigenvalue weighted by molar-refractivity contribution is 5.78. The van der Waals surface area contributed by atoms with E-state index in [1.807, 2.05) is 43.3 Å². The monoisotopic (exact) mass is 335 g/mol. The average molecular weight is 335 g/mol. The molecule has 0 unspecified atom stereocenters. The SMILES string of the molecule is COc1ccc(CCNC(=O)CCN(CCN(C)C)C(C)=O)cc1. The fourth-order valence-electron chi connectivity index (χ4n) is 2.21. The minimum absolute atomic E-state index is 0.00267. The van der Waals surface area contributed by atoms with Crippen molar-refractivity contribution in [1.82, 2.24) is 15.1 Å². The summed E-state index contributed by atoms with van der Waals surface area (Å²) >= 11 is 0. The Bertz CT molecular complexity index is 515. The van der Waals surface area contributed by atoms with Gasteiger partial charge in [0.25, 0.3) is 0 Å². The zero-order valence-corrected chi connectivity index (χ0v) is 15.2. The first-order valence-corrected chi connectivity index (χ1v) is 8.22. The molecule has 6 heteroatoms. The molecular formula is C18H29N3O3. The molecular weight excluding hydrogens is 306 g/mol. The maximum absolute atomic E-state index is 11.9. The number of carbonyl (C=O) groups is 2. The number of hydrogen-bond acceptors (Lipinski definition) is 4. The van der Waals surface area contributed by atoms with E-state index in [1.165, 1.54) is 6.92 Å². The van der Waals surface area contributed by atoms with Crippen LogP contribution in [0.3, 0.4) is 0 Å². The van der Waals surface area contributed by atoms with Crippen molar-refractivity contribution in [3.63, 3.8) is 0 Å². The van der Waals surface area contributed by atoms with Gasteiger partial charge in [-0.3, -0.25) is 9.59 Å². The van der Waals surface area contributed by atoms with Crippen LogP contribution in [0.4, 0.5) is 0 Å². The largest absolute Gasteiger partial charge is 0.497 e. The summed E-state index contributed by atoms with van der Waals surface area (Å²) in [6.07, 6.45) is 1.10. The number of likely N-dealkylation sites (N-methyl/N-ethyl adjacent to an activating group) is 1. The second kappa shape index (κ2) is 10.6. The minimum atomic E-state index is -0.0281. The van der Waals surface area contributed by atoms with Crippen LogP contribution >= 0.6 is 0 Å². The molecule has 1 aromatic rings. The van der Waals surface area contributed by atoms with Crippen LogP contribution in [0.15, 0.2) is 24.3 Å². The van der Waals surface area contributed by atoms with E-state index in [1.54, 1.807) is 12.0 Å². The summed E-state index contributed by atoms with van der Waals surface area (Å²) in [4.78, 5) is 27.2. The Kier molecular flexibility index (Phi) is 8.86. The van der Waals surface area contributed by atoms with Gasteiger partial charge in [-0.2, -0.15) is 0 Å². The van der Waals surface area contributed by atoms with Crippen molar-refractivity contribution in [3.05, 3.63) is 29.8 Å². The second-order valence-corrected chi connectivity index (χ2v) is 6.01. The average Bonchev–Trinajstić information content (AvgIpc) is 2.54. The molecule has 1 rings (SSSR count). The summed E-state index contributed by atoms with van der Waals surface area (Å²) in [6.45, 7) is 4.01. The number of benzene rings is 1. The maximum Gasteiger partial charge on any atom is 0.221 e.